The lowest BCUT2D eigenvalue weighted by molar-refractivity contribution is -0.0606. The van der Waals surface area contributed by atoms with Gasteiger partial charge in [0, 0.05) is 0 Å². The van der Waals surface area contributed by atoms with E-state index in [0.717, 1.165) is 46.4 Å². The number of ether oxygens (including phenoxy) is 2. The smallest absolute Gasteiger partial charge is 0.485 e. The van der Waals surface area contributed by atoms with Gasteiger partial charge >= 0.3 is 15.6 Å². The van der Waals surface area contributed by atoms with Crippen molar-refractivity contribution >= 4 is 10.1 Å². The van der Waals surface area contributed by atoms with Crippen molar-refractivity contribution in [2.24, 2.45) is 0 Å². The highest BCUT2D eigenvalue weighted by Gasteiger charge is 2.49. The van der Waals surface area contributed by atoms with Crippen molar-refractivity contribution in [2.45, 2.75) is 112 Å². The van der Waals surface area contributed by atoms with E-state index in [2.05, 4.69) is 31.9 Å². The van der Waals surface area contributed by atoms with Gasteiger partial charge in [-0.05, 0) is 151 Å². The fourth-order valence-electron chi connectivity index (χ4n) is 5.45. The molecule has 0 spiro atoms. The van der Waals surface area contributed by atoms with Gasteiger partial charge in [-0.3, -0.25) is 4.18 Å². The summed E-state index contributed by atoms with van der Waals surface area (Å²) in [5.74, 6) is 1.63. The van der Waals surface area contributed by atoms with E-state index < -0.39 is 33.4 Å². The van der Waals surface area contributed by atoms with Crippen molar-refractivity contribution in [1.29, 1.82) is 0 Å². The fraction of sp³-hybridized carbons (Fsp3) is 0.613. The summed E-state index contributed by atoms with van der Waals surface area (Å²) >= 11 is 0. The molecule has 0 bridgehead atoms. The maximum Gasteiger partial charge on any atom is 0.523 e. The van der Waals surface area contributed by atoms with Gasteiger partial charge in [-0.25, -0.2) is 0 Å². The molecule has 0 aromatic heterocycles. The highest BCUT2D eigenvalue weighted by atomic mass is 32.2. The summed E-state index contributed by atoms with van der Waals surface area (Å²) in [5, 5.41) is 9.43. The Bertz CT molecular complexity index is 1450. The summed E-state index contributed by atoms with van der Waals surface area (Å²) in [6.07, 6.45) is 2.85. The Morgan fingerprint density at radius 2 is 1.07 bits per heavy atom. The zero-order valence-corrected chi connectivity index (χ0v) is 26.6. The number of hydrogen-bond acceptors (Lipinski definition) is 6. The molecule has 2 aromatic rings. The predicted molar refractivity (Wildman–Crippen MR) is 154 cm³/mol. The molecule has 6 nitrogen and oxygen atoms in total. The summed E-state index contributed by atoms with van der Waals surface area (Å²) in [5.41, 5.74) is 4.85. The van der Waals surface area contributed by atoms with Crippen molar-refractivity contribution in [2.75, 3.05) is 13.2 Å². The van der Waals surface area contributed by atoms with E-state index in [1.54, 1.807) is 6.92 Å². The Hall–Kier alpha value is -2.30. The van der Waals surface area contributed by atoms with E-state index in [1.165, 1.54) is 27.8 Å². The molecule has 0 aliphatic carbocycles. The van der Waals surface area contributed by atoms with Crippen LogP contribution < -0.4 is 9.47 Å². The molecule has 2 aliphatic rings. The molecule has 2 heterocycles. The molecule has 0 radical (unpaired) electrons. The molecule has 0 unspecified atom stereocenters. The molecular formula is C31H43F3O6S. The highest BCUT2D eigenvalue weighted by molar-refractivity contribution is 7.87. The first-order valence-corrected chi connectivity index (χ1v) is 15.2. The van der Waals surface area contributed by atoms with Gasteiger partial charge in [-0.15, -0.1) is 0 Å². The van der Waals surface area contributed by atoms with Crippen LogP contribution in [0.2, 0.25) is 0 Å². The lowest BCUT2D eigenvalue weighted by Gasteiger charge is -2.37. The number of aliphatic hydroxyl groups is 1. The Balaban J connectivity index is 0.000000239. The van der Waals surface area contributed by atoms with Gasteiger partial charge < -0.3 is 14.6 Å². The monoisotopic (exact) mass is 600 g/mol. The van der Waals surface area contributed by atoms with Gasteiger partial charge in [-0.1, -0.05) is 0 Å². The SMILES string of the molecule is Cc1c(C)c(C)c2c(c1C)CC[C@@](C)(CO)O2.Cc1c(C)c(C)c2c(c1C)CC[C@@](C)(COS(=O)(=O)C(F)(F)F)O2. The van der Waals surface area contributed by atoms with E-state index in [0.29, 0.717) is 18.6 Å². The van der Waals surface area contributed by atoms with Gasteiger partial charge in [0.15, 0.2) is 0 Å². The van der Waals surface area contributed by atoms with Crippen molar-refractivity contribution in [1.82, 2.24) is 0 Å². The molecule has 41 heavy (non-hydrogen) atoms. The average Bonchev–Trinajstić information content (AvgIpc) is 2.91. The quantitative estimate of drug-likeness (QED) is 0.305. The Morgan fingerprint density at radius 3 is 1.46 bits per heavy atom. The summed E-state index contributed by atoms with van der Waals surface area (Å²) < 4.78 is 75.6. The summed E-state index contributed by atoms with van der Waals surface area (Å²) in [7, 11) is -5.63. The van der Waals surface area contributed by atoms with Crippen molar-refractivity contribution in [3.05, 3.63) is 55.6 Å². The van der Waals surface area contributed by atoms with Crippen LogP contribution >= 0.6 is 0 Å². The number of alkyl halides is 3. The topological polar surface area (TPSA) is 82.1 Å². The molecule has 4 rings (SSSR count). The molecule has 0 amide bonds. The number of halogens is 3. The van der Waals surface area contributed by atoms with Crippen molar-refractivity contribution in [3.8, 4) is 11.5 Å². The second-order valence-electron chi connectivity index (χ2n) is 12.0. The van der Waals surface area contributed by atoms with Crippen LogP contribution in [0.4, 0.5) is 13.2 Å². The molecule has 10 heteroatoms. The maximum atomic E-state index is 12.4. The predicted octanol–water partition coefficient (Wildman–Crippen LogP) is 6.87. The molecule has 2 aliphatic heterocycles. The van der Waals surface area contributed by atoms with Crippen LogP contribution in [0.5, 0.6) is 11.5 Å². The number of hydrogen-bond donors (Lipinski definition) is 1. The zero-order valence-electron chi connectivity index (χ0n) is 25.8. The Kier molecular flexibility index (Phi) is 9.24. The van der Waals surface area contributed by atoms with E-state index in [-0.39, 0.29) is 6.61 Å². The highest BCUT2D eigenvalue weighted by Crippen LogP contribution is 2.42. The molecule has 1 N–H and O–H groups in total. The summed E-state index contributed by atoms with van der Waals surface area (Å²) in [6.45, 7) is 19.4. The second-order valence-corrected chi connectivity index (χ2v) is 13.6. The van der Waals surface area contributed by atoms with E-state index in [4.69, 9.17) is 9.47 Å². The van der Waals surface area contributed by atoms with E-state index in [9.17, 15) is 26.7 Å². The molecular weight excluding hydrogens is 557 g/mol. The molecule has 0 saturated heterocycles. The third-order valence-corrected chi connectivity index (χ3v) is 10.1. The summed E-state index contributed by atoms with van der Waals surface area (Å²) in [4.78, 5) is 0. The third kappa shape index (κ3) is 6.39. The second kappa shape index (κ2) is 11.4. The largest absolute Gasteiger partial charge is 0.523 e. The maximum absolute atomic E-state index is 12.4. The molecule has 0 saturated carbocycles. The van der Waals surface area contributed by atoms with Crippen LogP contribution in [-0.4, -0.2) is 43.4 Å². The first-order chi connectivity index (χ1) is 18.7. The van der Waals surface area contributed by atoms with Gasteiger partial charge in [0.1, 0.15) is 29.3 Å². The molecule has 2 aromatic carbocycles. The number of fused-ring (bicyclic) bond motifs is 2. The zero-order chi connectivity index (χ0) is 31.3. The van der Waals surface area contributed by atoms with Crippen LogP contribution in [-0.2, 0) is 27.1 Å². The minimum Gasteiger partial charge on any atom is -0.485 e. The van der Waals surface area contributed by atoms with E-state index in [1.807, 2.05) is 34.6 Å². The third-order valence-electron chi connectivity index (χ3n) is 9.15. The van der Waals surface area contributed by atoms with Gasteiger partial charge in [0.25, 0.3) is 0 Å². The normalized spacial score (nSPS) is 22.1. The average molecular weight is 601 g/mol. The standard InChI is InChI=1S/C16H21F3O4S.C15H22O2/c1-9-10(2)12(4)14-13(11(9)3)6-7-15(5,23-14)8-22-24(20,21)16(17,18)19;1-9-10(2)12(4)14-13(11(9)3)6-7-15(5,8-16)17-14/h6-8H2,1-5H3;16H,6-8H2,1-5H3/t2*15-/m00/s1. The van der Waals surface area contributed by atoms with Crippen LogP contribution in [0, 0.1) is 55.4 Å². The number of rotatable bonds is 4. The number of aliphatic hydroxyl groups excluding tert-OH is 1. The first-order valence-electron chi connectivity index (χ1n) is 13.8. The molecule has 230 valence electrons. The molecule has 0 fully saturated rings. The van der Waals surface area contributed by atoms with E-state index >= 15 is 0 Å². The van der Waals surface area contributed by atoms with Gasteiger partial charge in [0.2, 0.25) is 0 Å². The minimum atomic E-state index is -5.63. The van der Waals surface area contributed by atoms with Crippen LogP contribution in [0.1, 0.15) is 82.3 Å². The lowest BCUT2D eigenvalue weighted by Crippen LogP contribution is -2.43. The first kappa shape index (κ1) is 33.2. The Morgan fingerprint density at radius 1 is 0.707 bits per heavy atom. The van der Waals surface area contributed by atoms with Gasteiger partial charge in [0.05, 0.1) is 6.61 Å². The minimum absolute atomic E-state index is 0.0812. The van der Waals surface area contributed by atoms with Crippen LogP contribution in [0.15, 0.2) is 0 Å². The fourth-order valence-corrected chi connectivity index (χ4v) is 5.98. The molecule has 2 atom stereocenters. The number of benzene rings is 2. The van der Waals surface area contributed by atoms with Crippen LogP contribution in [0.25, 0.3) is 0 Å². The lowest BCUT2D eigenvalue weighted by atomic mass is 9.85. The van der Waals surface area contributed by atoms with Gasteiger partial charge in [-0.2, -0.15) is 21.6 Å². The van der Waals surface area contributed by atoms with Crippen LogP contribution in [0.3, 0.4) is 0 Å². The Labute approximate surface area is 242 Å². The van der Waals surface area contributed by atoms with Crippen molar-refractivity contribution < 1.29 is 40.4 Å². The van der Waals surface area contributed by atoms with Crippen molar-refractivity contribution in [3.63, 3.8) is 0 Å². The summed E-state index contributed by atoms with van der Waals surface area (Å²) in [6, 6.07) is 0.